The first kappa shape index (κ1) is 28.3. The van der Waals surface area contributed by atoms with Crippen LogP contribution in [-0.4, -0.2) is 58.8 Å². The molecular formula is C28H34F2N4O5. The molecular weight excluding hydrogens is 510 g/mol. The highest BCUT2D eigenvalue weighted by molar-refractivity contribution is 5.95. The number of nitrogens with zero attached hydrogens (tertiary/aromatic N) is 3. The van der Waals surface area contributed by atoms with Gasteiger partial charge in [0.15, 0.2) is 0 Å². The normalized spacial score (nSPS) is 17.7. The third-order valence-electron chi connectivity index (χ3n) is 6.79. The Morgan fingerprint density at radius 3 is 2.54 bits per heavy atom. The van der Waals surface area contributed by atoms with Crippen LogP contribution in [0.2, 0.25) is 0 Å². The zero-order chi connectivity index (χ0) is 28.7. The molecule has 0 radical (unpaired) electrons. The van der Waals surface area contributed by atoms with Gasteiger partial charge in [0.1, 0.15) is 22.7 Å². The molecule has 210 valence electrons. The Hall–Kier alpha value is -3.73. The SMILES string of the molecule is COC(=O)c1ccc(C2CC(F)(F)CCN2Cc2c(OC)cc(C)c3c2ccn3C(=O)OC(C)(C)C)nc1N. The summed E-state index contributed by atoms with van der Waals surface area (Å²) in [6.45, 7) is 7.59. The third kappa shape index (κ3) is 5.83. The molecule has 2 aromatic heterocycles. The summed E-state index contributed by atoms with van der Waals surface area (Å²) in [5.74, 6) is -3.06. The number of anilines is 1. The van der Waals surface area contributed by atoms with Crippen molar-refractivity contribution in [2.24, 2.45) is 0 Å². The zero-order valence-corrected chi connectivity index (χ0v) is 23.0. The van der Waals surface area contributed by atoms with E-state index in [2.05, 4.69) is 4.98 Å². The van der Waals surface area contributed by atoms with E-state index >= 15 is 0 Å². The number of fused-ring (bicyclic) bond motifs is 1. The average molecular weight is 545 g/mol. The summed E-state index contributed by atoms with van der Waals surface area (Å²) in [6, 6.07) is 5.83. The Kier molecular flexibility index (Phi) is 7.57. The second-order valence-corrected chi connectivity index (χ2v) is 10.8. The van der Waals surface area contributed by atoms with Gasteiger partial charge in [-0.3, -0.25) is 9.47 Å². The van der Waals surface area contributed by atoms with Gasteiger partial charge in [-0.2, -0.15) is 0 Å². The molecule has 3 heterocycles. The first-order valence-corrected chi connectivity index (χ1v) is 12.6. The predicted molar refractivity (Wildman–Crippen MR) is 142 cm³/mol. The fraction of sp³-hybridized carbons (Fsp3) is 0.464. The molecule has 1 saturated heterocycles. The minimum Gasteiger partial charge on any atom is -0.496 e. The topological polar surface area (TPSA) is 109 Å². The number of halogens is 2. The van der Waals surface area contributed by atoms with Crippen LogP contribution in [0.3, 0.4) is 0 Å². The van der Waals surface area contributed by atoms with Crippen LogP contribution in [0.15, 0.2) is 30.5 Å². The summed E-state index contributed by atoms with van der Waals surface area (Å²) in [4.78, 5) is 31.1. The maximum atomic E-state index is 14.7. The quantitative estimate of drug-likeness (QED) is 0.421. The smallest absolute Gasteiger partial charge is 0.419 e. The highest BCUT2D eigenvalue weighted by Gasteiger charge is 2.42. The number of likely N-dealkylation sites (tertiary alicyclic amines) is 1. The predicted octanol–water partition coefficient (Wildman–Crippen LogP) is 5.48. The van der Waals surface area contributed by atoms with Crippen LogP contribution in [-0.2, 0) is 16.0 Å². The van der Waals surface area contributed by atoms with Gasteiger partial charge in [-0.25, -0.2) is 23.4 Å². The molecule has 39 heavy (non-hydrogen) atoms. The van der Waals surface area contributed by atoms with Crippen molar-refractivity contribution in [3.63, 3.8) is 0 Å². The second-order valence-electron chi connectivity index (χ2n) is 10.8. The fourth-order valence-electron chi connectivity index (χ4n) is 4.99. The van der Waals surface area contributed by atoms with Gasteiger partial charge < -0.3 is 19.9 Å². The number of carbonyl (C=O) groups is 2. The van der Waals surface area contributed by atoms with Crippen molar-refractivity contribution in [2.45, 2.75) is 64.6 Å². The molecule has 3 aromatic rings. The Labute approximate surface area is 225 Å². The molecule has 0 bridgehead atoms. The van der Waals surface area contributed by atoms with E-state index in [1.54, 1.807) is 40.1 Å². The van der Waals surface area contributed by atoms with Gasteiger partial charge in [0, 0.05) is 43.1 Å². The van der Waals surface area contributed by atoms with Crippen molar-refractivity contribution in [3.8, 4) is 5.75 Å². The maximum absolute atomic E-state index is 14.7. The number of methoxy groups -OCH3 is 2. The fourth-order valence-corrected chi connectivity index (χ4v) is 4.99. The lowest BCUT2D eigenvalue weighted by Gasteiger charge is -2.39. The lowest BCUT2D eigenvalue weighted by Crippen LogP contribution is -2.42. The second kappa shape index (κ2) is 10.4. The number of aromatic nitrogens is 2. The van der Waals surface area contributed by atoms with Crippen LogP contribution >= 0.6 is 0 Å². The number of benzene rings is 1. The van der Waals surface area contributed by atoms with Crippen LogP contribution in [0.5, 0.6) is 5.75 Å². The minimum atomic E-state index is -2.90. The molecule has 1 aromatic carbocycles. The molecule has 0 saturated carbocycles. The standard InChI is InChI=1S/C28H34F2N4O5/c1-16-13-22(37-5)19(17-9-11-34(23(16)17)26(36)39-27(2,3)4)15-33-12-10-28(29,30)14-21(33)20-8-7-18(24(31)32-20)25(35)38-6/h7-9,11,13,21H,10,12,14-15H2,1-6H3,(H2,31,32). The Morgan fingerprint density at radius 1 is 1.21 bits per heavy atom. The molecule has 1 fully saturated rings. The largest absolute Gasteiger partial charge is 0.496 e. The van der Waals surface area contributed by atoms with E-state index in [0.717, 1.165) is 16.5 Å². The van der Waals surface area contributed by atoms with E-state index in [4.69, 9.17) is 19.9 Å². The number of carbonyl (C=O) groups excluding carboxylic acids is 2. The van der Waals surface area contributed by atoms with Crippen LogP contribution in [0, 0.1) is 6.92 Å². The first-order chi connectivity index (χ1) is 18.2. The van der Waals surface area contributed by atoms with E-state index in [-0.39, 0.29) is 30.9 Å². The Morgan fingerprint density at radius 2 is 1.92 bits per heavy atom. The van der Waals surface area contributed by atoms with Crippen molar-refractivity contribution in [2.75, 3.05) is 26.5 Å². The van der Waals surface area contributed by atoms with Crippen LogP contribution in [0.25, 0.3) is 10.9 Å². The van der Waals surface area contributed by atoms with E-state index < -0.39 is 36.0 Å². The maximum Gasteiger partial charge on any atom is 0.419 e. The molecule has 2 N–H and O–H groups in total. The summed E-state index contributed by atoms with van der Waals surface area (Å²) in [7, 11) is 2.77. The highest BCUT2D eigenvalue weighted by Crippen LogP contribution is 2.42. The summed E-state index contributed by atoms with van der Waals surface area (Å²) in [6.07, 6.45) is 0.338. The van der Waals surface area contributed by atoms with Gasteiger partial charge in [0.25, 0.3) is 5.92 Å². The molecule has 1 unspecified atom stereocenters. The van der Waals surface area contributed by atoms with Crippen molar-refractivity contribution in [1.29, 1.82) is 0 Å². The van der Waals surface area contributed by atoms with E-state index in [9.17, 15) is 18.4 Å². The van der Waals surface area contributed by atoms with E-state index in [0.29, 0.717) is 17.0 Å². The molecule has 4 rings (SSSR count). The van der Waals surface area contributed by atoms with Crippen LogP contribution < -0.4 is 10.5 Å². The number of nitrogens with two attached hydrogens (primary N) is 1. The zero-order valence-electron chi connectivity index (χ0n) is 23.0. The van der Waals surface area contributed by atoms with Crippen molar-refractivity contribution >= 4 is 28.8 Å². The Bertz CT molecular complexity index is 1410. The van der Waals surface area contributed by atoms with E-state index in [1.807, 2.05) is 17.9 Å². The van der Waals surface area contributed by atoms with Gasteiger partial charge in [-0.05, 0) is 57.5 Å². The number of hydrogen-bond acceptors (Lipinski definition) is 8. The highest BCUT2D eigenvalue weighted by atomic mass is 19.3. The average Bonchev–Trinajstić information content (AvgIpc) is 3.31. The van der Waals surface area contributed by atoms with Gasteiger partial charge in [-0.15, -0.1) is 0 Å². The molecule has 0 aliphatic carbocycles. The van der Waals surface area contributed by atoms with Gasteiger partial charge in [0.05, 0.1) is 31.5 Å². The lowest BCUT2D eigenvalue weighted by molar-refractivity contribution is -0.0823. The molecule has 0 amide bonds. The number of nitrogen functional groups attached to an aromatic ring is 1. The van der Waals surface area contributed by atoms with Crippen molar-refractivity contribution in [1.82, 2.24) is 14.5 Å². The van der Waals surface area contributed by atoms with Gasteiger partial charge >= 0.3 is 12.1 Å². The number of rotatable bonds is 5. The molecule has 1 aliphatic heterocycles. The number of piperidine rings is 1. The molecule has 1 atom stereocenters. The lowest BCUT2D eigenvalue weighted by atomic mass is 9.93. The summed E-state index contributed by atoms with van der Waals surface area (Å²) in [5, 5.41) is 0.752. The number of hydrogen-bond donors (Lipinski definition) is 1. The summed E-state index contributed by atoms with van der Waals surface area (Å²) >= 11 is 0. The molecule has 9 nitrogen and oxygen atoms in total. The summed E-state index contributed by atoms with van der Waals surface area (Å²) in [5.41, 5.74) is 7.92. The van der Waals surface area contributed by atoms with Crippen LogP contribution in [0.1, 0.15) is 66.8 Å². The minimum absolute atomic E-state index is 0.0702. The monoisotopic (exact) mass is 544 g/mol. The molecule has 0 spiro atoms. The van der Waals surface area contributed by atoms with Crippen molar-refractivity contribution in [3.05, 3.63) is 52.8 Å². The summed E-state index contributed by atoms with van der Waals surface area (Å²) < 4.78 is 46.8. The van der Waals surface area contributed by atoms with Crippen molar-refractivity contribution < 1.29 is 32.6 Å². The number of aryl methyl sites for hydroxylation is 1. The molecule has 1 aliphatic rings. The van der Waals surface area contributed by atoms with Crippen LogP contribution in [0.4, 0.5) is 19.4 Å². The number of alkyl halides is 2. The first-order valence-electron chi connectivity index (χ1n) is 12.6. The van der Waals surface area contributed by atoms with E-state index in [1.165, 1.54) is 23.8 Å². The van der Waals surface area contributed by atoms with Gasteiger partial charge in [-0.1, -0.05) is 0 Å². The molecule has 11 heteroatoms. The Balaban J connectivity index is 1.76. The number of pyridine rings is 1. The third-order valence-corrected chi connectivity index (χ3v) is 6.79. The number of ether oxygens (including phenoxy) is 3. The van der Waals surface area contributed by atoms with Gasteiger partial charge in [0.2, 0.25) is 0 Å². The number of esters is 1.